The van der Waals surface area contributed by atoms with Crippen LogP contribution in [0, 0.1) is 10.1 Å². The van der Waals surface area contributed by atoms with Gasteiger partial charge in [-0.3, -0.25) is 14.9 Å². The number of rotatable bonds is 9. The summed E-state index contributed by atoms with van der Waals surface area (Å²) < 4.78 is 44.5. The van der Waals surface area contributed by atoms with Crippen LogP contribution in [0.3, 0.4) is 0 Å². The molecule has 0 unspecified atom stereocenters. The number of alkyl halides is 3. The summed E-state index contributed by atoms with van der Waals surface area (Å²) in [6.07, 6.45) is -2.18. The van der Waals surface area contributed by atoms with E-state index in [9.17, 15) is 28.1 Å². The van der Waals surface area contributed by atoms with E-state index in [4.69, 9.17) is 9.84 Å². The van der Waals surface area contributed by atoms with Gasteiger partial charge in [-0.05, 0) is 71.3 Å². The lowest BCUT2D eigenvalue weighted by atomic mass is 9.97. The molecule has 186 valence electrons. The van der Waals surface area contributed by atoms with Crippen LogP contribution in [0.5, 0.6) is 5.75 Å². The van der Waals surface area contributed by atoms with Crippen molar-refractivity contribution in [1.29, 1.82) is 0 Å². The van der Waals surface area contributed by atoms with Crippen LogP contribution in [0.4, 0.5) is 18.9 Å². The predicted molar refractivity (Wildman–Crippen MR) is 127 cm³/mol. The highest BCUT2D eigenvalue weighted by Gasteiger charge is 2.30. The van der Waals surface area contributed by atoms with Gasteiger partial charge in [-0.2, -0.15) is 13.2 Å². The second-order valence-corrected chi connectivity index (χ2v) is 8.26. The Kier molecular flexibility index (Phi) is 6.96. The Bertz CT molecular complexity index is 1410. The Balaban J connectivity index is 1.73. The average Bonchev–Trinajstić information content (AvgIpc) is 3.30. The Hall–Kier alpha value is -4.34. The van der Waals surface area contributed by atoms with E-state index in [-0.39, 0.29) is 24.5 Å². The number of nitrogens with zero attached hydrogens (tertiary/aromatic N) is 1. The van der Waals surface area contributed by atoms with Crippen LogP contribution in [-0.2, 0) is 24.0 Å². The van der Waals surface area contributed by atoms with E-state index in [0.717, 1.165) is 23.0 Å². The highest BCUT2D eigenvalue weighted by atomic mass is 19.4. The van der Waals surface area contributed by atoms with Crippen molar-refractivity contribution < 1.29 is 32.7 Å². The van der Waals surface area contributed by atoms with Crippen molar-refractivity contribution in [1.82, 2.24) is 4.98 Å². The molecule has 0 spiro atoms. The fraction of sp³-hybridized carbons (Fsp3) is 0.192. The summed E-state index contributed by atoms with van der Waals surface area (Å²) in [7, 11) is 0. The van der Waals surface area contributed by atoms with E-state index in [1.807, 2.05) is 18.2 Å². The van der Waals surface area contributed by atoms with Crippen LogP contribution >= 0.6 is 0 Å². The second kappa shape index (κ2) is 10.1. The number of ether oxygens (including phenoxy) is 1. The van der Waals surface area contributed by atoms with Gasteiger partial charge in [0.2, 0.25) is 5.75 Å². The molecule has 0 bridgehead atoms. The Labute approximate surface area is 203 Å². The lowest BCUT2D eigenvalue weighted by molar-refractivity contribution is -0.385. The maximum Gasteiger partial charge on any atom is 0.416 e. The minimum absolute atomic E-state index is 0.0169. The summed E-state index contributed by atoms with van der Waals surface area (Å²) in [5.74, 6) is -0.976. The first kappa shape index (κ1) is 24.8. The number of carboxylic acid groups (broad SMARTS) is 1. The Morgan fingerprint density at radius 3 is 2.44 bits per heavy atom. The molecule has 36 heavy (non-hydrogen) atoms. The van der Waals surface area contributed by atoms with Gasteiger partial charge < -0.3 is 14.8 Å². The Morgan fingerprint density at radius 1 is 1.03 bits per heavy atom. The molecule has 0 saturated heterocycles. The van der Waals surface area contributed by atoms with Gasteiger partial charge in [0, 0.05) is 29.8 Å². The lowest BCUT2D eigenvalue weighted by Crippen LogP contribution is -2.06. The third-order valence-corrected chi connectivity index (χ3v) is 5.71. The molecule has 2 N–H and O–H groups in total. The molecule has 0 atom stereocenters. The zero-order valence-electron chi connectivity index (χ0n) is 18.8. The number of fused-ring (bicyclic) bond motifs is 1. The molecule has 0 aliphatic heterocycles. The average molecular weight is 498 g/mol. The Morgan fingerprint density at radius 2 is 1.78 bits per heavy atom. The number of H-pyrrole nitrogens is 1. The van der Waals surface area contributed by atoms with Crippen LogP contribution in [0.15, 0.2) is 66.9 Å². The fourth-order valence-corrected chi connectivity index (χ4v) is 3.93. The van der Waals surface area contributed by atoms with Crippen LogP contribution in [0.2, 0.25) is 0 Å². The molecule has 1 aromatic heterocycles. The number of carboxylic acids is 1. The van der Waals surface area contributed by atoms with Gasteiger partial charge in [-0.1, -0.05) is 18.2 Å². The van der Waals surface area contributed by atoms with E-state index < -0.39 is 22.6 Å². The number of nitro groups is 1. The van der Waals surface area contributed by atoms with Crippen molar-refractivity contribution in [3.05, 3.63) is 93.7 Å². The molecule has 0 saturated carbocycles. The quantitative estimate of drug-likeness (QED) is 0.196. The van der Waals surface area contributed by atoms with Crippen molar-refractivity contribution in [2.45, 2.75) is 32.0 Å². The topological polar surface area (TPSA) is 105 Å². The summed E-state index contributed by atoms with van der Waals surface area (Å²) in [6.45, 7) is -0.184. The van der Waals surface area contributed by atoms with Crippen molar-refractivity contribution in [2.75, 3.05) is 0 Å². The number of benzene rings is 3. The largest absolute Gasteiger partial charge is 0.482 e. The third-order valence-electron chi connectivity index (χ3n) is 5.71. The van der Waals surface area contributed by atoms with Crippen LogP contribution < -0.4 is 4.74 Å². The molecule has 10 heteroatoms. The number of halogens is 3. The van der Waals surface area contributed by atoms with Crippen LogP contribution in [0.1, 0.15) is 29.5 Å². The molecule has 0 amide bonds. The van der Waals surface area contributed by atoms with E-state index in [1.165, 1.54) is 18.2 Å². The molecule has 7 nitrogen and oxygen atoms in total. The minimum atomic E-state index is -4.47. The third kappa shape index (κ3) is 5.65. The predicted octanol–water partition coefficient (Wildman–Crippen LogP) is 6.75. The van der Waals surface area contributed by atoms with Gasteiger partial charge in [0.15, 0.2) is 0 Å². The van der Waals surface area contributed by atoms with E-state index in [1.54, 1.807) is 18.3 Å². The molecule has 4 rings (SSSR count). The first-order chi connectivity index (χ1) is 17.1. The lowest BCUT2D eigenvalue weighted by Gasteiger charge is -2.15. The molecule has 3 aromatic carbocycles. The highest BCUT2D eigenvalue weighted by Crippen LogP contribution is 2.41. The van der Waals surface area contributed by atoms with Gasteiger partial charge in [-0.15, -0.1) is 0 Å². The van der Waals surface area contributed by atoms with Gasteiger partial charge in [0.1, 0.15) is 6.61 Å². The molecule has 0 fully saturated rings. The second-order valence-electron chi connectivity index (χ2n) is 8.26. The molecule has 1 heterocycles. The number of nitrogens with one attached hydrogen (secondary N) is 1. The summed E-state index contributed by atoms with van der Waals surface area (Å²) in [4.78, 5) is 25.4. The number of aromatic nitrogens is 1. The van der Waals surface area contributed by atoms with E-state index >= 15 is 0 Å². The molecule has 0 aliphatic rings. The maximum atomic E-state index is 12.9. The summed E-state index contributed by atoms with van der Waals surface area (Å²) in [5.41, 5.74) is 1.83. The van der Waals surface area contributed by atoms with Crippen molar-refractivity contribution in [3.63, 3.8) is 0 Å². The summed E-state index contributed by atoms with van der Waals surface area (Å²) in [6, 6.07) is 14.8. The van der Waals surface area contributed by atoms with Crippen molar-refractivity contribution in [3.8, 4) is 16.9 Å². The minimum Gasteiger partial charge on any atom is -0.482 e. The zero-order valence-corrected chi connectivity index (χ0v) is 18.8. The first-order valence-electron chi connectivity index (χ1n) is 11.0. The monoisotopic (exact) mass is 498 g/mol. The molecular weight excluding hydrogens is 477 g/mol. The molecule has 0 aliphatic carbocycles. The molecule has 0 radical (unpaired) electrons. The van der Waals surface area contributed by atoms with Crippen LogP contribution in [-0.4, -0.2) is 21.0 Å². The normalized spacial score (nSPS) is 11.5. The number of hydrogen-bond donors (Lipinski definition) is 2. The first-order valence-corrected chi connectivity index (χ1v) is 11.0. The number of aryl methyl sites for hydroxylation is 1. The van der Waals surface area contributed by atoms with Crippen LogP contribution in [0.25, 0.3) is 22.0 Å². The van der Waals surface area contributed by atoms with Crippen molar-refractivity contribution in [2.24, 2.45) is 0 Å². The summed E-state index contributed by atoms with van der Waals surface area (Å²) in [5, 5.41) is 21.8. The maximum absolute atomic E-state index is 12.9. The van der Waals surface area contributed by atoms with Gasteiger partial charge in [0.05, 0.1) is 10.5 Å². The number of carbonyl (C=O) groups is 1. The van der Waals surface area contributed by atoms with E-state index in [0.29, 0.717) is 35.1 Å². The standard InChI is InChI=1S/C26H21F3N2O5/c27-26(28,29)20-7-4-16(5-8-20)15-36-25-21(18-6-9-22-19(14-18)10-11-30-22)12-17(2-1-3-24(32)33)13-23(25)31(34)35/h4-14,30H,1-3,15H2,(H,32,33). The van der Waals surface area contributed by atoms with Gasteiger partial charge in [0.25, 0.3) is 0 Å². The van der Waals surface area contributed by atoms with Gasteiger partial charge in [-0.25, -0.2) is 0 Å². The number of aromatic amines is 1. The SMILES string of the molecule is O=C(O)CCCc1cc(-c2ccc3[nH]ccc3c2)c(OCc2ccc(C(F)(F)F)cc2)c([N+](=O)[O-])c1. The molecular formula is C26H21F3N2O5. The zero-order chi connectivity index (χ0) is 25.9. The number of nitro benzene ring substituents is 1. The fourth-order valence-electron chi connectivity index (χ4n) is 3.93. The van der Waals surface area contributed by atoms with E-state index in [2.05, 4.69) is 4.98 Å². The summed E-state index contributed by atoms with van der Waals surface area (Å²) >= 11 is 0. The highest BCUT2D eigenvalue weighted by molar-refractivity contribution is 5.87. The smallest absolute Gasteiger partial charge is 0.416 e. The van der Waals surface area contributed by atoms with Crippen molar-refractivity contribution >= 4 is 22.6 Å². The molecule has 4 aromatic rings. The number of hydrogen-bond acceptors (Lipinski definition) is 4. The van der Waals surface area contributed by atoms with Gasteiger partial charge >= 0.3 is 17.8 Å². The number of aliphatic carboxylic acids is 1.